The van der Waals surface area contributed by atoms with Crippen molar-refractivity contribution in [3.05, 3.63) is 41.5 Å². The first-order chi connectivity index (χ1) is 11.0. The topological polar surface area (TPSA) is 61.6 Å². The number of amides is 1. The van der Waals surface area contributed by atoms with E-state index in [0.29, 0.717) is 17.0 Å². The maximum absolute atomic E-state index is 12.3. The van der Waals surface area contributed by atoms with E-state index >= 15 is 0 Å². The highest BCUT2D eigenvalue weighted by Gasteiger charge is 2.16. The van der Waals surface area contributed by atoms with E-state index in [0.717, 1.165) is 37.8 Å². The Labute approximate surface area is 136 Å². The zero-order valence-electron chi connectivity index (χ0n) is 13.8. The zero-order valence-corrected chi connectivity index (χ0v) is 13.8. The summed E-state index contributed by atoms with van der Waals surface area (Å²) in [5, 5.41) is 2.86. The highest BCUT2D eigenvalue weighted by atomic mass is 16.3. The fourth-order valence-corrected chi connectivity index (χ4v) is 2.74. The Hall–Kier alpha value is -2.34. The second kappa shape index (κ2) is 6.42. The monoisotopic (exact) mass is 314 g/mol. The first kappa shape index (κ1) is 15.6. The summed E-state index contributed by atoms with van der Waals surface area (Å²) in [6.07, 6.45) is 1.70. The molecule has 6 nitrogen and oxygen atoms in total. The minimum absolute atomic E-state index is 0.173. The Morgan fingerprint density at radius 1 is 1.22 bits per heavy atom. The lowest BCUT2D eigenvalue weighted by atomic mass is 10.2. The molecule has 6 heteroatoms. The molecule has 0 bridgehead atoms. The third-order valence-electron chi connectivity index (χ3n) is 4.12. The molecule has 0 aromatic carbocycles. The van der Waals surface area contributed by atoms with Gasteiger partial charge in [-0.05, 0) is 39.1 Å². The Balaban J connectivity index is 1.65. The molecule has 1 amide bonds. The number of hydrogen-bond donors (Lipinski definition) is 1. The van der Waals surface area contributed by atoms with Gasteiger partial charge in [0.2, 0.25) is 0 Å². The summed E-state index contributed by atoms with van der Waals surface area (Å²) in [5.74, 6) is 2.14. The first-order valence-electron chi connectivity index (χ1n) is 7.81. The number of likely N-dealkylation sites (N-methyl/N-ethyl adjacent to an activating group) is 1. The zero-order chi connectivity index (χ0) is 16.4. The predicted molar refractivity (Wildman–Crippen MR) is 90.1 cm³/mol. The van der Waals surface area contributed by atoms with Crippen molar-refractivity contribution in [1.82, 2.24) is 9.88 Å². The van der Waals surface area contributed by atoms with Crippen molar-refractivity contribution < 1.29 is 9.21 Å². The van der Waals surface area contributed by atoms with Crippen molar-refractivity contribution >= 4 is 17.4 Å². The summed E-state index contributed by atoms with van der Waals surface area (Å²) in [4.78, 5) is 21.3. The van der Waals surface area contributed by atoms with Crippen LogP contribution in [0.25, 0.3) is 0 Å². The molecule has 1 fully saturated rings. The van der Waals surface area contributed by atoms with E-state index in [9.17, 15) is 4.79 Å². The maximum Gasteiger partial charge on any atom is 0.259 e. The Kier molecular flexibility index (Phi) is 4.34. The van der Waals surface area contributed by atoms with E-state index in [1.807, 2.05) is 19.1 Å². The molecule has 1 aliphatic rings. The fourth-order valence-electron chi connectivity index (χ4n) is 2.74. The molecule has 122 valence electrons. The van der Waals surface area contributed by atoms with Crippen LogP contribution >= 0.6 is 0 Å². The van der Waals surface area contributed by atoms with E-state index in [2.05, 4.69) is 27.1 Å². The van der Waals surface area contributed by atoms with Crippen LogP contribution in [-0.4, -0.2) is 49.0 Å². The third kappa shape index (κ3) is 3.53. The molecule has 3 heterocycles. The minimum Gasteiger partial charge on any atom is -0.466 e. The van der Waals surface area contributed by atoms with Gasteiger partial charge in [0.25, 0.3) is 5.91 Å². The quantitative estimate of drug-likeness (QED) is 0.942. The molecule has 0 aliphatic carbocycles. The number of hydrogen-bond acceptors (Lipinski definition) is 5. The molecule has 1 aliphatic heterocycles. The standard InChI is InChI=1S/C17H22N4O2/c1-12-10-15(13(2)23-12)17(22)19-14-4-5-16(18-11-14)21-8-6-20(3)7-9-21/h4-5,10-11H,6-9H2,1-3H3,(H,19,22). The van der Waals surface area contributed by atoms with Crippen LogP contribution in [0.5, 0.6) is 0 Å². The van der Waals surface area contributed by atoms with E-state index in [-0.39, 0.29) is 5.91 Å². The maximum atomic E-state index is 12.3. The van der Waals surface area contributed by atoms with Gasteiger partial charge in [-0.2, -0.15) is 0 Å². The number of furan rings is 1. The Morgan fingerprint density at radius 3 is 2.52 bits per heavy atom. The summed E-state index contributed by atoms with van der Waals surface area (Å²) in [5.41, 5.74) is 1.25. The van der Waals surface area contributed by atoms with Gasteiger partial charge >= 0.3 is 0 Å². The Bertz CT molecular complexity index is 685. The molecule has 2 aromatic rings. The number of carbonyl (C=O) groups is 1. The second-order valence-corrected chi connectivity index (χ2v) is 5.98. The highest BCUT2D eigenvalue weighted by molar-refractivity contribution is 6.05. The number of aryl methyl sites for hydroxylation is 2. The van der Waals surface area contributed by atoms with Crippen LogP contribution in [0.1, 0.15) is 21.9 Å². The van der Waals surface area contributed by atoms with E-state index < -0.39 is 0 Å². The largest absolute Gasteiger partial charge is 0.466 e. The van der Waals surface area contributed by atoms with Gasteiger partial charge in [0, 0.05) is 26.2 Å². The van der Waals surface area contributed by atoms with Gasteiger partial charge in [-0.15, -0.1) is 0 Å². The van der Waals surface area contributed by atoms with E-state index in [1.54, 1.807) is 19.2 Å². The van der Waals surface area contributed by atoms with Crippen LogP contribution in [0, 0.1) is 13.8 Å². The van der Waals surface area contributed by atoms with E-state index in [4.69, 9.17) is 4.42 Å². The molecule has 0 spiro atoms. The molecule has 0 atom stereocenters. The number of nitrogens with one attached hydrogen (secondary N) is 1. The van der Waals surface area contributed by atoms with Gasteiger partial charge < -0.3 is 19.5 Å². The molecule has 0 radical (unpaired) electrons. The van der Waals surface area contributed by atoms with Crippen molar-refractivity contribution in [3.8, 4) is 0 Å². The SMILES string of the molecule is Cc1cc(C(=O)Nc2ccc(N3CCN(C)CC3)nc2)c(C)o1. The number of rotatable bonds is 3. The number of piperazine rings is 1. The molecule has 1 saturated heterocycles. The normalized spacial score (nSPS) is 15.7. The van der Waals surface area contributed by atoms with E-state index in [1.165, 1.54) is 0 Å². The van der Waals surface area contributed by atoms with Crippen LogP contribution in [-0.2, 0) is 0 Å². The Morgan fingerprint density at radius 2 is 1.96 bits per heavy atom. The second-order valence-electron chi connectivity index (χ2n) is 5.98. The molecule has 0 unspecified atom stereocenters. The van der Waals surface area contributed by atoms with Gasteiger partial charge in [-0.3, -0.25) is 4.79 Å². The number of aromatic nitrogens is 1. The van der Waals surface area contributed by atoms with Gasteiger partial charge in [-0.1, -0.05) is 0 Å². The summed E-state index contributed by atoms with van der Waals surface area (Å²) in [6.45, 7) is 7.65. The van der Waals surface area contributed by atoms with Gasteiger partial charge in [-0.25, -0.2) is 4.98 Å². The minimum atomic E-state index is -0.173. The predicted octanol–water partition coefficient (Wildman–Crippen LogP) is 2.30. The number of carbonyl (C=O) groups excluding carboxylic acids is 1. The van der Waals surface area contributed by atoms with Crippen LogP contribution in [0.2, 0.25) is 0 Å². The lowest BCUT2D eigenvalue weighted by Gasteiger charge is -2.33. The summed E-state index contributed by atoms with van der Waals surface area (Å²) >= 11 is 0. The van der Waals surface area contributed by atoms with Crippen molar-refractivity contribution in [2.75, 3.05) is 43.4 Å². The van der Waals surface area contributed by atoms with Crippen LogP contribution in [0.15, 0.2) is 28.8 Å². The molecule has 3 rings (SSSR count). The average molecular weight is 314 g/mol. The van der Waals surface area contributed by atoms with Crippen LogP contribution < -0.4 is 10.2 Å². The van der Waals surface area contributed by atoms with Gasteiger partial charge in [0.1, 0.15) is 17.3 Å². The van der Waals surface area contributed by atoms with Crippen LogP contribution in [0.4, 0.5) is 11.5 Å². The molecule has 1 N–H and O–H groups in total. The third-order valence-corrected chi connectivity index (χ3v) is 4.12. The highest BCUT2D eigenvalue weighted by Crippen LogP contribution is 2.18. The number of nitrogens with zero attached hydrogens (tertiary/aromatic N) is 3. The molecule has 2 aromatic heterocycles. The lowest BCUT2D eigenvalue weighted by molar-refractivity contribution is 0.102. The molecular weight excluding hydrogens is 292 g/mol. The summed E-state index contributed by atoms with van der Waals surface area (Å²) in [6, 6.07) is 5.59. The molecule has 0 saturated carbocycles. The summed E-state index contributed by atoms with van der Waals surface area (Å²) < 4.78 is 5.39. The number of anilines is 2. The van der Waals surface area contributed by atoms with Crippen molar-refractivity contribution in [1.29, 1.82) is 0 Å². The average Bonchev–Trinajstić information content (AvgIpc) is 2.88. The smallest absolute Gasteiger partial charge is 0.259 e. The molecular formula is C17H22N4O2. The van der Waals surface area contributed by atoms with Gasteiger partial charge in [0.05, 0.1) is 17.4 Å². The first-order valence-corrected chi connectivity index (χ1v) is 7.81. The fraction of sp³-hybridized carbons (Fsp3) is 0.412. The van der Waals surface area contributed by atoms with Crippen molar-refractivity contribution in [2.45, 2.75) is 13.8 Å². The van der Waals surface area contributed by atoms with Crippen molar-refractivity contribution in [2.24, 2.45) is 0 Å². The molecule has 23 heavy (non-hydrogen) atoms. The van der Waals surface area contributed by atoms with Crippen molar-refractivity contribution in [3.63, 3.8) is 0 Å². The van der Waals surface area contributed by atoms with Crippen LogP contribution in [0.3, 0.4) is 0 Å². The number of pyridine rings is 1. The van der Waals surface area contributed by atoms with Gasteiger partial charge in [0.15, 0.2) is 0 Å². The lowest BCUT2D eigenvalue weighted by Crippen LogP contribution is -2.44. The summed E-state index contributed by atoms with van der Waals surface area (Å²) in [7, 11) is 2.13.